The van der Waals surface area contributed by atoms with Crippen LogP contribution < -0.4 is 10.6 Å². The molecule has 0 aromatic carbocycles. The van der Waals surface area contributed by atoms with Crippen molar-refractivity contribution in [3.05, 3.63) is 0 Å². The van der Waals surface area contributed by atoms with Crippen LogP contribution in [0.1, 0.15) is 27.2 Å². The van der Waals surface area contributed by atoms with E-state index in [1.165, 1.54) is 0 Å². The molecule has 0 aliphatic carbocycles. The average molecular weight is 274 g/mol. The van der Waals surface area contributed by atoms with Gasteiger partial charge in [-0.2, -0.15) is 11.8 Å². The lowest BCUT2D eigenvalue weighted by molar-refractivity contribution is -0.126. The van der Waals surface area contributed by atoms with Gasteiger partial charge in [-0.3, -0.25) is 4.79 Å². The van der Waals surface area contributed by atoms with Crippen molar-refractivity contribution >= 4 is 17.7 Å². The molecular weight excluding hydrogens is 248 g/mol. The number of amides is 1. The van der Waals surface area contributed by atoms with E-state index in [1.54, 1.807) is 0 Å². The van der Waals surface area contributed by atoms with Gasteiger partial charge in [-0.05, 0) is 31.4 Å². The minimum absolute atomic E-state index is 0.0359. The van der Waals surface area contributed by atoms with Crippen LogP contribution in [-0.4, -0.2) is 49.3 Å². The summed E-state index contributed by atoms with van der Waals surface area (Å²) in [7, 11) is 0. The summed E-state index contributed by atoms with van der Waals surface area (Å²) in [5.41, 5.74) is 0. The second-order valence-corrected chi connectivity index (χ2v) is 6.10. The molecule has 18 heavy (non-hydrogen) atoms. The van der Waals surface area contributed by atoms with Crippen LogP contribution in [0.5, 0.6) is 0 Å². The Hall–Kier alpha value is -0.260. The highest BCUT2D eigenvalue weighted by atomic mass is 32.2. The Morgan fingerprint density at radius 3 is 2.89 bits per heavy atom. The molecule has 0 saturated carbocycles. The molecular formula is C13H26N2O2S. The first kappa shape index (κ1) is 15.8. The van der Waals surface area contributed by atoms with Crippen molar-refractivity contribution in [2.24, 2.45) is 5.92 Å². The van der Waals surface area contributed by atoms with Gasteiger partial charge in [0.2, 0.25) is 5.91 Å². The highest BCUT2D eigenvalue weighted by molar-refractivity contribution is 7.99. The standard InChI is InChI=1S/C13H26N2O2S/c1-4-14-12-9-17-8-11(12)13(16)15-10(3)6-7-18-5-2/h10-12,14H,4-9H2,1-3H3,(H,15,16). The topological polar surface area (TPSA) is 50.4 Å². The molecule has 4 nitrogen and oxygen atoms in total. The Kier molecular flexibility index (Phi) is 7.70. The summed E-state index contributed by atoms with van der Waals surface area (Å²) in [6.07, 6.45) is 1.03. The first-order valence-electron chi connectivity index (χ1n) is 6.88. The number of hydrogen-bond donors (Lipinski definition) is 2. The van der Waals surface area contributed by atoms with Gasteiger partial charge in [0.1, 0.15) is 0 Å². The molecule has 0 bridgehead atoms. The number of rotatable bonds is 8. The molecule has 5 heteroatoms. The fourth-order valence-corrected chi connectivity index (χ4v) is 2.91. The largest absolute Gasteiger partial charge is 0.379 e. The summed E-state index contributed by atoms with van der Waals surface area (Å²) >= 11 is 1.92. The number of nitrogens with one attached hydrogen (secondary N) is 2. The van der Waals surface area contributed by atoms with Crippen LogP contribution in [0.3, 0.4) is 0 Å². The molecule has 106 valence electrons. The van der Waals surface area contributed by atoms with Gasteiger partial charge in [-0.1, -0.05) is 13.8 Å². The molecule has 0 aromatic heterocycles. The third-order valence-electron chi connectivity index (χ3n) is 3.17. The fraction of sp³-hybridized carbons (Fsp3) is 0.923. The van der Waals surface area contributed by atoms with Crippen LogP contribution in [0.2, 0.25) is 0 Å². The summed E-state index contributed by atoms with van der Waals surface area (Å²) in [5, 5.41) is 6.41. The Bertz CT molecular complexity index is 251. The van der Waals surface area contributed by atoms with E-state index >= 15 is 0 Å². The van der Waals surface area contributed by atoms with Crippen LogP contribution in [0.15, 0.2) is 0 Å². The second-order valence-electron chi connectivity index (χ2n) is 4.70. The summed E-state index contributed by atoms with van der Waals surface area (Å²) in [4.78, 5) is 12.1. The first-order valence-corrected chi connectivity index (χ1v) is 8.03. The summed E-state index contributed by atoms with van der Waals surface area (Å²) in [6, 6.07) is 0.423. The molecule has 3 unspecified atom stereocenters. The van der Waals surface area contributed by atoms with Crippen LogP contribution in [0.4, 0.5) is 0 Å². The van der Waals surface area contributed by atoms with Gasteiger partial charge in [0, 0.05) is 12.1 Å². The van der Waals surface area contributed by atoms with E-state index in [2.05, 4.69) is 31.4 Å². The quantitative estimate of drug-likeness (QED) is 0.654. The lowest BCUT2D eigenvalue weighted by Gasteiger charge is -2.20. The average Bonchev–Trinajstić information content (AvgIpc) is 2.78. The number of thioether (sulfide) groups is 1. The minimum atomic E-state index is -0.0359. The molecule has 1 aliphatic rings. The third kappa shape index (κ3) is 5.16. The molecule has 3 atom stereocenters. The highest BCUT2D eigenvalue weighted by Crippen LogP contribution is 2.14. The second kappa shape index (κ2) is 8.77. The van der Waals surface area contributed by atoms with Crippen LogP contribution in [-0.2, 0) is 9.53 Å². The molecule has 2 N–H and O–H groups in total. The number of carbonyl (C=O) groups is 1. The molecule has 1 fully saturated rings. The van der Waals surface area contributed by atoms with Gasteiger partial charge in [0.05, 0.1) is 19.1 Å². The molecule has 0 radical (unpaired) electrons. The molecule has 0 spiro atoms. The SMILES string of the molecule is CCNC1COCC1C(=O)NC(C)CCSCC. The molecule has 1 amide bonds. The Labute approximate surface area is 115 Å². The lowest BCUT2D eigenvalue weighted by Crippen LogP contribution is -2.46. The van der Waals surface area contributed by atoms with Gasteiger partial charge >= 0.3 is 0 Å². The van der Waals surface area contributed by atoms with E-state index < -0.39 is 0 Å². The van der Waals surface area contributed by atoms with E-state index in [0.717, 1.165) is 24.5 Å². The minimum Gasteiger partial charge on any atom is -0.379 e. The van der Waals surface area contributed by atoms with Gasteiger partial charge < -0.3 is 15.4 Å². The van der Waals surface area contributed by atoms with Crippen molar-refractivity contribution in [2.75, 3.05) is 31.3 Å². The predicted octanol–water partition coefficient (Wildman–Crippen LogP) is 1.26. The smallest absolute Gasteiger partial charge is 0.227 e. The van der Waals surface area contributed by atoms with Crippen LogP contribution >= 0.6 is 11.8 Å². The fourth-order valence-electron chi connectivity index (χ4n) is 2.10. The van der Waals surface area contributed by atoms with E-state index in [-0.39, 0.29) is 23.9 Å². The van der Waals surface area contributed by atoms with E-state index in [0.29, 0.717) is 13.2 Å². The Morgan fingerprint density at radius 1 is 1.44 bits per heavy atom. The number of likely N-dealkylation sites (N-methyl/N-ethyl adjacent to an activating group) is 1. The zero-order chi connectivity index (χ0) is 13.4. The van der Waals surface area contributed by atoms with E-state index in [9.17, 15) is 4.79 Å². The Morgan fingerprint density at radius 2 is 2.22 bits per heavy atom. The zero-order valence-electron chi connectivity index (χ0n) is 11.7. The highest BCUT2D eigenvalue weighted by Gasteiger charge is 2.33. The van der Waals surface area contributed by atoms with Gasteiger partial charge in [-0.15, -0.1) is 0 Å². The zero-order valence-corrected chi connectivity index (χ0v) is 12.5. The number of carbonyl (C=O) groups excluding carboxylic acids is 1. The van der Waals surface area contributed by atoms with E-state index in [1.807, 2.05) is 11.8 Å². The van der Waals surface area contributed by atoms with Crippen LogP contribution in [0, 0.1) is 5.92 Å². The normalized spacial score (nSPS) is 25.1. The maximum atomic E-state index is 12.1. The molecule has 1 rings (SSSR count). The monoisotopic (exact) mass is 274 g/mol. The summed E-state index contributed by atoms with van der Waals surface area (Å²) in [5.74, 6) is 2.34. The van der Waals surface area contributed by atoms with Crippen LogP contribution in [0.25, 0.3) is 0 Å². The number of ether oxygens (including phenoxy) is 1. The lowest BCUT2D eigenvalue weighted by atomic mass is 10.0. The van der Waals surface area contributed by atoms with Crippen molar-refractivity contribution in [3.8, 4) is 0 Å². The predicted molar refractivity (Wildman–Crippen MR) is 77.0 cm³/mol. The molecule has 1 saturated heterocycles. The molecule has 1 heterocycles. The van der Waals surface area contributed by atoms with Crippen molar-refractivity contribution in [1.29, 1.82) is 0 Å². The van der Waals surface area contributed by atoms with Crippen molar-refractivity contribution in [3.63, 3.8) is 0 Å². The summed E-state index contributed by atoms with van der Waals surface area (Å²) < 4.78 is 5.40. The summed E-state index contributed by atoms with van der Waals surface area (Å²) in [6.45, 7) is 8.35. The van der Waals surface area contributed by atoms with Gasteiger partial charge in [0.25, 0.3) is 0 Å². The maximum Gasteiger partial charge on any atom is 0.227 e. The van der Waals surface area contributed by atoms with Gasteiger partial charge in [0.15, 0.2) is 0 Å². The van der Waals surface area contributed by atoms with Gasteiger partial charge in [-0.25, -0.2) is 0 Å². The van der Waals surface area contributed by atoms with Crippen molar-refractivity contribution < 1.29 is 9.53 Å². The molecule has 1 aliphatic heterocycles. The maximum absolute atomic E-state index is 12.1. The van der Waals surface area contributed by atoms with Crippen molar-refractivity contribution in [2.45, 2.75) is 39.3 Å². The van der Waals surface area contributed by atoms with Crippen molar-refractivity contribution in [1.82, 2.24) is 10.6 Å². The number of hydrogen-bond acceptors (Lipinski definition) is 4. The Balaban J connectivity index is 2.30. The first-order chi connectivity index (χ1) is 8.69. The van der Waals surface area contributed by atoms with E-state index in [4.69, 9.17) is 4.74 Å². The third-order valence-corrected chi connectivity index (χ3v) is 4.10. The molecule has 0 aromatic rings.